The molecule has 0 saturated carbocycles. The highest BCUT2D eigenvalue weighted by molar-refractivity contribution is 6.28. The van der Waals surface area contributed by atoms with Crippen molar-refractivity contribution in [2.24, 2.45) is 10.9 Å². The zero-order valence-corrected chi connectivity index (χ0v) is 24.7. The summed E-state index contributed by atoms with van der Waals surface area (Å²) < 4.78 is 5.39. The maximum Gasteiger partial charge on any atom is 0.125 e. The van der Waals surface area contributed by atoms with E-state index in [1.807, 2.05) is 0 Å². The topological polar surface area (TPSA) is 40.7 Å². The smallest absolute Gasteiger partial charge is 0.125 e. The second kappa shape index (κ2) is 9.53. The molecule has 6 heteroatoms. The number of nitrogens with zero attached hydrogens (tertiary/aromatic N) is 5. The first-order chi connectivity index (χ1) is 20.7. The van der Waals surface area contributed by atoms with Crippen LogP contribution in [0, 0.1) is 5.92 Å². The molecule has 214 valence electrons. The second-order valence-electron chi connectivity index (χ2n) is 13.1. The van der Waals surface area contributed by atoms with Crippen LogP contribution in [0.2, 0.25) is 0 Å². The lowest BCUT2D eigenvalue weighted by atomic mass is 9.83. The average Bonchev–Trinajstić information content (AvgIpc) is 3.54. The van der Waals surface area contributed by atoms with Crippen LogP contribution in [0.15, 0.2) is 77.3 Å². The molecule has 1 N–H and O–H groups in total. The van der Waals surface area contributed by atoms with Gasteiger partial charge in [0.2, 0.25) is 0 Å². The second-order valence-corrected chi connectivity index (χ2v) is 13.1. The van der Waals surface area contributed by atoms with Crippen molar-refractivity contribution in [3.63, 3.8) is 0 Å². The number of likely N-dealkylation sites (tertiary alicyclic amines) is 1. The number of piperidine rings is 2. The highest BCUT2D eigenvalue weighted by Crippen LogP contribution is 2.47. The van der Waals surface area contributed by atoms with Crippen LogP contribution < -0.4 is 5.32 Å². The fourth-order valence-electron chi connectivity index (χ4n) is 9.14. The van der Waals surface area contributed by atoms with E-state index in [9.17, 15) is 0 Å². The number of aliphatic imine (C=N–C) groups is 1. The van der Waals surface area contributed by atoms with E-state index in [0.717, 1.165) is 32.5 Å². The maximum absolute atomic E-state index is 4.94. The van der Waals surface area contributed by atoms with E-state index in [1.165, 1.54) is 68.4 Å². The molecule has 6 nitrogen and oxygen atoms in total. The van der Waals surface area contributed by atoms with Gasteiger partial charge >= 0.3 is 0 Å². The number of para-hydroxylation sites is 2. The SMILES string of the molecule is CN1CCC=C2C1N=CCC2n1c2ccccc2c2c3c4ccccc4n(C4CCN(C)C5NCCCC54)c3ccc21. The quantitative estimate of drug-likeness (QED) is 0.246. The van der Waals surface area contributed by atoms with Gasteiger partial charge in [0, 0.05) is 70.3 Å². The first kappa shape index (κ1) is 25.1. The van der Waals surface area contributed by atoms with Gasteiger partial charge in [-0.1, -0.05) is 42.5 Å². The summed E-state index contributed by atoms with van der Waals surface area (Å²) in [5.74, 6) is 0.613. The van der Waals surface area contributed by atoms with Gasteiger partial charge in [0.15, 0.2) is 0 Å². The molecule has 9 rings (SSSR count). The van der Waals surface area contributed by atoms with Gasteiger partial charge < -0.3 is 14.5 Å². The van der Waals surface area contributed by atoms with Crippen molar-refractivity contribution in [2.75, 3.05) is 33.7 Å². The lowest BCUT2D eigenvalue weighted by Gasteiger charge is -2.47. The molecule has 0 spiro atoms. The fourth-order valence-corrected chi connectivity index (χ4v) is 9.14. The highest BCUT2D eigenvalue weighted by Gasteiger charge is 2.40. The summed E-state index contributed by atoms with van der Waals surface area (Å²) in [5, 5.41) is 9.46. The minimum absolute atomic E-state index is 0.154. The van der Waals surface area contributed by atoms with Gasteiger partial charge in [-0.3, -0.25) is 14.8 Å². The molecular weight excluding hydrogens is 516 g/mol. The van der Waals surface area contributed by atoms with E-state index in [4.69, 9.17) is 4.99 Å². The van der Waals surface area contributed by atoms with Crippen LogP contribution in [-0.4, -0.2) is 71.2 Å². The number of hydrogen-bond acceptors (Lipinski definition) is 4. The Morgan fingerprint density at radius 3 is 2.26 bits per heavy atom. The van der Waals surface area contributed by atoms with Gasteiger partial charge in [-0.15, -0.1) is 0 Å². The van der Waals surface area contributed by atoms with Crippen LogP contribution >= 0.6 is 0 Å². The molecule has 4 aliphatic heterocycles. The van der Waals surface area contributed by atoms with Gasteiger partial charge in [-0.2, -0.15) is 0 Å². The number of benzene rings is 3. The minimum Gasteiger partial charge on any atom is -0.337 e. The summed E-state index contributed by atoms with van der Waals surface area (Å²) >= 11 is 0. The summed E-state index contributed by atoms with van der Waals surface area (Å²) in [5.41, 5.74) is 6.92. The molecule has 2 aromatic heterocycles. The Kier molecular flexibility index (Phi) is 5.69. The lowest BCUT2D eigenvalue weighted by molar-refractivity contribution is 0.0311. The third-order valence-electron chi connectivity index (χ3n) is 10.9. The molecule has 42 heavy (non-hydrogen) atoms. The van der Waals surface area contributed by atoms with Gasteiger partial charge in [0.1, 0.15) is 6.17 Å². The van der Waals surface area contributed by atoms with Gasteiger partial charge in [0.25, 0.3) is 0 Å². The Morgan fingerprint density at radius 1 is 0.762 bits per heavy atom. The average molecular weight is 557 g/mol. The maximum atomic E-state index is 4.94. The fraction of sp³-hybridized carbons (Fsp3) is 0.417. The monoisotopic (exact) mass is 556 g/mol. The summed E-state index contributed by atoms with van der Waals surface area (Å²) in [6.07, 6.45) is 11.0. The van der Waals surface area contributed by atoms with Crippen molar-refractivity contribution in [3.8, 4) is 0 Å². The standard InChI is InChI=1S/C36H40N6/c1-39-21-8-12-26-29(17-20-38-36(26)39)41-27-13-5-3-9-23(27)33-31(41)15-16-32-34(33)24-10-4-6-14-28(24)42(32)30-18-22-40(2)35-25(30)11-7-19-37-35/h3-6,9-10,12-16,20,25,29-30,35-37H,7-8,11,17-19,21-22H2,1-2H3. The Labute approximate surface area is 247 Å². The number of nitrogens with one attached hydrogen (secondary N) is 1. The molecule has 2 fully saturated rings. The molecule has 5 unspecified atom stereocenters. The molecule has 4 aliphatic rings. The van der Waals surface area contributed by atoms with Crippen molar-refractivity contribution in [1.29, 1.82) is 0 Å². The summed E-state index contributed by atoms with van der Waals surface area (Å²) in [7, 11) is 4.52. The van der Waals surface area contributed by atoms with Crippen LogP contribution in [0.3, 0.4) is 0 Å². The normalized spacial score (nSPS) is 28.9. The molecule has 0 bridgehead atoms. The van der Waals surface area contributed by atoms with Crippen LogP contribution in [0.4, 0.5) is 0 Å². The Bertz CT molecular complexity index is 1910. The van der Waals surface area contributed by atoms with Crippen molar-refractivity contribution in [1.82, 2.24) is 24.3 Å². The predicted molar refractivity (Wildman–Crippen MR) is 175 cm³/mol. The molecule has 5 atom stereocenters. The van der Waals surface area contributed by atoms with Gasteiger partial charge in [0.05, 0.1) is 23.2 Å². The molecule has 0 radical (unpaired) electrons. The number of hydrogen-bond donors (Lipinski definition) is 1. The molecular formula is C36H40N6. The largest absolute Gasteiger partial charge is 0.337 e. The Balaban J connectivity index is 1.33. The first-order valence-corrected chi connectivity index (χ1v) is 16.0. The molecule has 3 aromatic carbocycles. The Morgan fingerprint density at radius 2 is 1.48 bits per heavy atom. The van der Waals surface area contributed by atoms with Gasteiger partial charge in [-0.25, -0.2) is 0 Å². The predicted octanol–water partition coefficient (Wildman–Crippen LogP) is 6.71. The van der Waals surface area contributed by atoms with E-state index in [-0.39, 0.29) is 12.2 Å². The first-order valence-electron chi connectivity index (χ1n) is 16.0. The molecule has 0 aliphatic carbocycles. The lowest BCUT2D eigenvalue weighted by Crippen LogP contribution is -2.57. The summed E-state index contributed by atoms with van der Waals surface area (Å²) in [6.45, 7) is 3.33. The molecule has 2 saturated heterocycles. The van der Waals surface area contributed by atoms with E-state index in [2.05, 4.69) is 111 Å². The van der Waals surface area contributed by atoms with E-state index < -0.39 is 0 Å². The van der Waals surface area contributed by atoms with Crippen LogP contribution in [0.5, 0.6) is 0 Å². The number of aromatic nitrogens is 2. The van der Waals surface area contributed by atoms with Crippen molar-refractivity contribution < 1.29 is 0 Å². The zero-order valence-electron chi connectivity index (χ0n) is 24.7. The van der Waals surface area contributed by atoms with Crippen molar-refractivity contribution in [2.45, 2.75) is 56.5 Å². The minimum atomic E-state index is 0.154. The van der Waals surface area contributed by atoms with Crippen molar-refractivity contribution >= 4 is 49.8 Å². The highest BCUT2D eigenvalue weighted by atomic mass is 15.3. The van der Waals surface area contributed by atoms with Crippen LogP contribution in [0.25, 0.3) is 43.6 Å². The van der Waals surface area contributed by atoms with Crippen molar-refractivity contribution in [3.05, 3.63) is 72.3 Å². The molecule has 5 aromatic rings. The van der Waals surface area contributed by atoms with Crippen LogP contribution in [-0.2, 0) is 0 Å². The third kappa shape index (κ3) is 3.46. The summed E-state index contributed by atoms with van der Waals surface area (Å²) in [4.78, 5) is 9.91. The number of likely N-dealkylation sites (N-methyl/N-ethyl adjacent to an activating group) is 1. The zero-order chi connectivity index (χ0) is 27.9. The van der Waals surface area contributed by atoms with E-state index in [1.54, 1.807) is 0 Å². The number of rotatable bonds is 2. The van der Waals surface area contributed by atoms with Gasteiger partial charge in [-0.05, 0) is 76.2 Å². The molecule has 6 heterocycles. The van der Waals surface area contributed by atoms with E-state index in [0.29, 0.717) is 18.1 Å². The summed E-state index contributed by atoms with van der Waals surface area (Å²) in [6, 6.07) is 24.0. The third-order valence-corrected chi connectivity index (χ3v) is 10.9. The van der Waals surface area contributed by atoms with Crippen LogP contribution in [0.1, 0.15) is 44.2 Å². The number of fused-ring (bicyclic) bond motifs is 9. The van der Waals surface area contributed by atoms with E-state index >= 15 is 0 Å². The Hall–Kier alpha value is -3.45. The molecule has 0 amide bonds.